The first kappa shape index (κ1) is 15.2. The molecule has 1 aliphatic heterocycles. The van der Waals surface area contributed by atoms with Crippen molar-refractivity contribution in [3.05, 3.63) is 23.3 Å². The van der Waals surface area contributed by atoms with E-state index < -0.39 is 0 Å². The van der Waals surface area contributed by atoms with Crippen LogP contribution in [0.1, 0.15) is 57.6 Å². The number of phenolic OH excluding ortho intramolecular Hbond substituents is 1. The first-order valence-corrected chi connectivity index (χ1v) is 7.58. The van der Waals surface area contributed by atoms with Crippen molar-refractivity contribution in [1.82, 2.24) is 0 Å². The summed E-state index contributed by atoms with van der Waals surface area (Å²) in [7, 11) is 0. The Labute approximate surface area is 121 Å². The Morgan fingerprint density at radius 3 is 2.75 bits per heavy atom. The summed E-state index contributed by atoms with van der Waals surface area (Å²) in [5.41, 5.74) is 1.57. The molecular formula is C17H26O3. The van der Waals surface area contributed by atoms with Crippen LogP contribution < -0.4 is 4.74 Å². The van der Waals surface area contributed by atoms with E-state index in [1.165, 1.54) is 6.42 Å². The van der Waals surface area contributed by atoms with E-state index in [9.17, 15) is 10.2 Å². The predicted molar refractivity (Wildman–Crippen MR) is 80.1 cm³/mol. The summed E-state index contributed by atoms with van der Waals surface area (Å²) in [6.07, 6.45) is 5.24. The van der Waals surface area contributed by atoms with Crippen LogP contribution in [0.15, 0.2) is 12.1 Å². The molecule has 1 aliphatic rings. The van der Waals surface area contributed by atoms with Gasteiger partial charge in [-0.1, -0.05) is 20.3 Å². The van der Waals surface area contributed by atoms with Gasteiger partial charge in [-0.3, -0.25) is 0 Å². The molecule has 3 nitrogen and oxygen atoms in total. The van der Waals surface area contributed by atoms with Gasteiger partial charge in [-0.05, 0) is 61.8 Å². The second-order valence-corrected chi connectivity index (χ2v) is 6.60. The Balaban J connectivity index is 2.10. The molecule has 1 atom stereocenters. The van der Waals surface area contributed by atoms with E-state index in [2.05, 4.69) is 20.8 Å². The van der Waals surface area contributed by atoms with Crippen LogP contribution in [-0.4, -0.2) is 15.8 Å². The molecule has 2 rings (SSSR count). The highest BCUT2D eigenvalue weighted by Gasteiger charge is 2.32. The van der Waals surface area contributed by atoms with Crippen molar-refractivity contribution in [2.75, 3.05) is 0 Å². The van der Waals surface area contributed by atoms with E-state index in [1.807, 2.05) is 6.07 Å². The molecule has 3 heteroatoms. The lowest BCUT2D eigenvalue weighted by atomic mass is 9.87. The van der Waals surface area contributed by atoms with Crippen molar-refractivity contribution < 1.29 is 14.9 Å². The van der Waals surface area contributed by atoms with Gasteiger partial charge in [0, 0.05) is 0 Å². The molecule has 0 saturated carbocycles. The first-order valence-electron chi connectivity index (χ1n) is 7.58. The third-order valence-corrected chi connectivity index (χ3v) is 4.15. The lowest BCUT2D eigenvalue weighted by Gasteiger charge is -2.36. The Morgan fingerprint density at radius 2 is 2.10 bits per heavy atom. The number of aromatic hydroxyl groups is 1. The van der Waals surface area contributed by atoms with Gasteiger partial charge in [0.1, 0.15) is 5.60 Å². The molecule has 112 valence electrons. The van der Waals surface area contributed by atoms with Crippen molar-refractivity contribution in [2.24, 2.45) is 5.92 Å². The van der Waals surface area contributed by atoms with Gasteiger partial charge in [0.25, 0.3) is 0 Å². The summed E-state index contributed by atoms with van der Waals surface area (Å²) >= 11 is 0. The second-order valence-electron chi connectivity index (χ2n) is 6.60. The third-order valence-electron chi connectivity index (χ3n) is 4.15. The normalized spacial score (nSPS) is 21.6. The van der Waals surface area contributed by atoms with Crippen molar-refractivity contribution >= 4 is 0 Å². The summed E-state index contributed by atoms with van der Waals surface area (Å²) in [6.45, 7) is 6.56. The zero-order valence-corrected chi connectivity index (χ0v) is 12.8. The van der Waals surface area contributed by atoms with E-state index in [4.69, 9.17) is 4.74 Å². The minimum Gasteiger partial charge on any atom is -0.504 e. The number of aryl methyl sites for hydroxylation is 1. The van der Waals surface area contributed by atoms with E-state index in [-0.39, 0.29) is 18.0 Å². The minimum atomic E-state index is -0.180. The van der Waals surface area contributed by atoms with Crippen LogP contribution in [-0.2, 0) is 13.0 Å². The minimum absolute atomic E-state index is 0.0491. The Morgan fingerprint density at radius 1 is 1.35 bits per heavy atom. The molecule has 1 heterocycles. The van der Waals surface area contributed by atoms with Crippen molar-refractivity contribution in [3.63, 3.8) is 0 Å². The smallest absolute Gasteiger partial charge is 0.164 e. The molecule has 0 radical (unpaired) electrons. The topological polar surface area (TPSA) is 49.7 Å². The number of ether oxygens (including phenoxy) is 1. The zero-order valence-electron chi connectivity index (χ0n) is 12.8. The van der Waals surface area contributed by atoms with Crippen LogP contribution in [0.2, 0.25) is 0 Å². The molecule has 1 aromatic rings. The van der Waals surface area contributed by atoms with Gasteiger partial charge in [-0.25, -0.2) is 0 Å². The fourth-order valence-electron chi connectivity index (χ4n) is 2.89. The number of benzene rings is 1. The van der Waals surface area contributed by atoms with Crippen LogP contribution in [0, 0.1) is 5.92 Å². The number of rotatable bonds is 5. The van der Waals surface area contributed by atoms with Gasteiger partial charge in [-0.2, -0.15) is 0 Å². The van der Waals surface area contributed by atoms with Crippen LogP contribution in [0.3, 0.4) is 0 Å². The van der Waals surface area contributed by atoms with Crippen LogP contribution in [0.5, 0.6) is 11.5 Å². The van der Waals surface area contributed by atoms with Gasteiger partial charge >= 0.3 is 0 Å². The van der Waals surface area contributed by atoms with Crippen LogP contribution in [0.25, 0.3) is 0 Å². The quantitative estimate of drug-likeness (QED) is 0.861. The molecule has 1 aromatic carbocycles. The number of phenols is 1. The third kappa shape index (κ3) is 3.45. The molecule has 1 unspecified atom stereocenters. The fraction of sp³-hybridized carbons (Fsp3) is 0.647. The maximum Gasteiger partial charge on any atom is 0.164 e. The van der Waals surface area contributed by atoms with Gasteiger partial charge < -0.3 is 14.9 Å². The molecule has 0 bridgehead atoms. The number of fused-ring (bicyclic) bond motifs is 1. The van der Waals surface area contributed by atoms with Crippen molar-refractivity contribution in [2.45, 2.75) is 65.1 Å². The molecule has 0 saturated heterocycles. The van der Waals surface area contributed by atoms with Crippen LogP contribution in [0.4, 0.5) is 0 Å². The molecule has 0 aromatic heterocycles. The predicted octanol–water partition coefficient (Wildman–Crippen LogP) is 3.79. The average molecular weight is 278 g/mol. The summed E-state index contributed by atoms with van der Waals surface area (Å²) in [4.78, 5) is 0. The zero-order chi connectivity index (χ0) is 14.8. The maximum absolute atomic E-state index is 10.1. The van der Waals surface area contributed by atoms with Gasteiger partial charge in [0.15, 0.2) is 11.5 Å². The van der Waals surface area contributed by atoms with E-state index in [1.54, 1.807) is 6.07 Å². The number of aliphatic hydroxyl groups excluding tert-OH is 1. The summed E-state index contributed by atoms with van der Waals surface area (Å²) in [5.74, 6) is 1.48. The SMILES string of the molecule is CC(C)CCCC1(C)CCc2cc(CO)cc(O)c2O1. The highest BCUT2D eigenvalue weighted by molar-refractivity contribution is 5.50. The van der Waals surface area contributed by atoms with Crippen LogP contribution >= 0.6 is 0 Å². The first-order chi connectivity index (χ1) is 9.43. The number of aliphatic hydroxyl groups is 1. The highest BCUT2D eigenvalue weighted by atomic mass is 16.5. The van der Waals surface area contributed by atoms with E-state index >= 15 is 0 Å². The summed E-state index contributed by atoms with van der Waals surface area (Å²) < 4.78 is 6.10. The highest BCUT2D eigenvalue weighted by Crippen LogP contribution is 2.42. The Bertz CT molecular complexity index is 468. The summed E-state index contributed by atoms with van der Waals surface area (Å²) in [5, 5.41) is 19.3. The summed E-state index contributed by atoms with van der Waals surface area (Å²) in [6, 6.07) is 3.53. The largest absolute Gasteiger partial charge is 0.504 e. The molecule has 0 spiro atoms. The molecule has 20 heavy (non-hydrogen) atoms. The Hall–Kier alpha value is -1.22. The number of hydrogen-bond donors (Lipinski definition) is 2. The maximum atomic E-state index is 10.1. The van der Waals surface area contributed by atoms with Gasteiger partial charge in [0.05, 0.1) is 6.61 Å². The second kappa shape index (κ2) is 6.04. The molecule has 0 aliphatic carbocycles. The van der Waals surface area contributed by atoms with E-state index in [0.717, 1.165) is 42.7 Å². The van der Waals surface area contributed by atoms with E-state index in [0.29, 0.717) is 5.75 Å². The molecule has 0 fully saturated rings. The number of hydrogen-bond acceptors (Lipinski definition) is 3. The fourth-order valence-corrected chi connectivity index (χ4v) is 2.89. The van der Waals surface area contributed by atoms with Crippen molar-refractivity contribution in [1.29, 1.82) is 0 Å². The molecule has 0 amide bonds. The Kier molecular flexibility index (Phi) is 4.59. The lowest BCUT2D eigenvalue weighted by molar-refractivity contribution is 0.0494. The average Bonchev–Trinajstić information content (AvgIpc) is 2.39. The molecule has 2 N–H and O–H groups in total. The van der Waals surface area contributed by atoms with Gasteiger partial charge in [0.2, 0.25) is 0 Å². The standard InChI is InChI=1S/C17H26O3/c1-12(2)5-4-7-17(3)8-6-14-9-13(11-18)10-15(19)16(14)20-17/h9-10,12,18-19H,4-8,11H2,1-3H3. The van der Waals surface area contributed by atoms with Gasteiger partial charge in [-0.15, -0.1) is 0 Å². The monoisotopic (exact) mass is 278 g/mol. The molecular weight excluding hydrogens is 252 g/mol. The van der Waals surface area contributed by atoms with Crippen molar-refractivity contribution in [3.8, 4) is 11.5 Å². The lowest BCUT2D eigenvalue weighted by Crippen LogP contribution is -2.36.